The van der Waals surface area contributed by atoms with E-state index in [0.717, 1.165) is 16.7 Å². The maximum absolute atomic E-state index is 12.3. The topological polar surface area (TPSA) is 59.8 Å². The summed E-state index contributed by atoms with van der Waals surface area (Å²) < 4.78 is 1.89. The van der Waals surface area contributed by atoms with Gasteiger partial charge in [-0.2, -0.15) is 5.10 Å². The maximum atomic E-state index is 12.3. The van der Waals surface area contributed by atoms with E-state index in [0.29, 0.717) is 18.0 Å². The average Bonchev–Trinajstić information content (AvgIpc) is 3.17. The smallest absolute Gasteiger partial charge is 0.252 e. The Bertz CT molecular complexity index is 655. The van der Waals surface area contributed by atoms with Crippen LogP contribution in [0.1, 0.15) is 61.6 Å². The molecule has 1 aliphatic rings. The van der Waals surface area contributed by atoms with Crippen LogP contribution in [0.4, 0.5) is 0 Å². The van der Waals surface area contributed by atoms with Crippen molar-refractivity contribution in [1.29, 1.82) is 0 Å². The van der Waals surface area contributed by atoms with E-state index < -0.39 is 0 Å². The summed E-state index contributed by atoms with van der Waals surface area (Å²) in [6.45, 7) is 6.70. The van der Waals surface area contributed by atoms with Gasteiger partial charge in [-0.05, 0) is 39.7 Å². The van der Waals surface area contributed by atoms with Crippen LogP contribution in [0.15, 0.2) is 12.3 Å². The molecule has 0 spiro atoms. The molecule has 1 amide bonds. The van der Waals surface area contributed by atoms with Crippen molar-refractivity contribution in [2.75, 3.05) is 6.54 Å². The molecular formula is C15H20N4O. The van der Waals surface area contributed by atoms with Gasteiger partial charge < -0.3 is 5.32 Å². The predicted octanol–water partition coefficient (Wildman–Crippen LogP) is 2.64. The molecule has 0 radical (unpaired) electrons. The summed E-state index contributed by atoms with van der Waals surface area (Å²) in [4.78, 5) is 17.0. The molecule has 0 aromatic carbocycles. The lowest BCUT2D eigenvalue weighted by Gasteiger charge is -2.10. The zero-order chi connectivity index (χ0) is 14.3. The van der Waals surface area contributed by atoms with Gasteiger partial charge in [-0.15, -0.1) is 0 Å². The molecule has 20 heavy (non-hydrogen) atoms. The highest BCUT2D eigenvalue weighted by Gasteiger charge is 2.28. The summed E-state index contributed by atoms with van der Waals surface area (Å²) in [6.07, 6.45) is 4.09. The van der Waals surface area contributed by atoms with Gasteiger partial charge in [0.2, 0.25) is 0 Å². The van der Waals surface area contributed by atoms with Gasteiger partial charge in [-0.25, -0.2) is 9.67 Å². The monoisotopic (exact) mass is 272 g/mol. The molecule has 5 heteroatoms. The van der Waals surface area contributed by atoms with Crippen molar-refractivity contribution in [3.63, 3.8) is 0 Å². The summed E-state index contributed by atoms with van der Waals surface area (Å²) in [5.41, 5.74) is 2.55. The lowest BCUT2D eigenvalue weighted by Crippen LogP contribution is -2.23. The van der Waals surface area contributed by atoms with Gasteiger partial charge in [0.15, 0.2) is 5.65 Å². The van der Waals surface area contributed by atoms with Crippen molar-refractivity contribution in [1.82, 2.24) is 20.1 Å². The van der Waals surface area contributed by atoms with Crippen LogP contribution in [0, 0.1) is 0 Å². The molecule has 1 N–H and O–H groups in total. The molecule has 1 fully saturated rings. The zero-order valence-electron chi connectivity index (χ0n) is 12.2. The van der Waals surface area contributed by atoms with Gasteiger partial charge in [0, 0.05) is 24.2 Å². The molecule has 106 valence electrons. The fourth-order valence-electron chi connectivity index (χ4n) is 2.45. The minimum Gasteiger partial charge on any atom is -0.352 e. The molecule has 0 bridgehead atoms. The molecule has 3 rings (SSSR count). The molecule has 1 aliphatic carbocycles. The number of nitrogens with one attached hydrogen (secondary N) is 1. The SMILES string of the molecule is CCNC(=O)c1cc(C2CC2)nc2c1cnn2C(C)C. The first-order valence-corrected chi connectivity index (χ1v) is 7.28. The quantitative estimate of drug-likeness (QED) is 0.930. The summed E-state index contributed by atoms with van der Waals surface area (Å²) in [7, 11) is 0. The number of aromatic nitrogens is 3. The summed E-state index contributed by atoms with van der Waals surface area (Å²) in [5, 5.41) is 8.11. The number of hydrogen-bond acceptors (Lipinski definition) is 3. The highest BCUT2D eigenvalue weighted by atomic mass is 16.1. The second kappa shape index (κ2) is 4.89. The number of rotatable bonds is 4. The Morgan fingerprint density at radius 2 is 2.25 bits per heavy atom. The largest absolute Gasteiger partial charge is 0.352 e. The number of pyridine rings is 1. The Hall–Kier alpha value is -1.91. The number of carbonyl (C=O) groups is 1. The van der Waals surface area contributed by atoms with Gasteiger partial charge in [0.25, 0.3) is 5.91 Å². The van der Waals surface area contributed by atoms with Crippen molar-refractivity contribution in [3.8, 4) is 0 Å². The highest BCUT2D eigenvalue weighted by molar-refractivity contribution is 6.05. The number of amides is 1. The summed E-state index contributed by atoms with van der Waals surface area (Å²) in [5.74, 6) is 0.480. The minimum atomic E-state index is -0.0369. The lowest BCUT2D eigenvalue weighted by atomic mass is 10.1. The van der Waals surface area contributed by atoms with Gasteiger partial charge in [-0.1, -0.05) is 0 Å². The fourth-order valence-corrected chi connectivity index (χ4v) is 2.45. The number of nitrogens with zero attached hydrogens (tertiary/aromatic N) is 3. The second-order valence-electron chi connectivity index (χ2n) is 5.65. The molecule has 2 aromatic rings. The third-order valence-electron chi connectivity index (χ3n) is 3.65. The van der Waals surface area contributed by atoms with E-state index in [9.17, 15) is 4.79 Å². The van der Waals surface area contributed by atoms with Crippen molar-refractivity contribution in [3.05, 3.63) is 23.5 Å². The van der Waals surface area contributed by atoms with Gasteiger partial charge >= 0.3 is 0 Å². The molecule has 5 nitrogen and oxygen atoms in total. The molecule has 2 heterocycles. The van der Waals surface area contributed by atoms with Crippen molar-refractivity contribution >= 4 is 16.9 Å². The van der Waals surface area contributed by atoms with Crippen molar-refractivity contribution in [2.45, 2.75) is 45.6 Å². The summed E-state index contributed by atoms with van der Waals surface area (Å²) in [6, 6.07) is 2.17. The molecular weight excluding hydrogens is 252 g/mol. The van der Waals surface area contributed by atoms with E-state index in [1.54, 1.807) is 6.20 Å². The van der Waals surface area contributed by atoms with E-state index in [1.807, 2.05) is 17.7 Å². The first kappa shape index (κ1) is 13.1. The van der Waals surface area contributed by atoms with E-state index >= 15 is 0 Å². The summed E-state index contributed by atoms with van der Waals surface area (Å²) >= 11 is 0. The van der Waals surface area contributed by atoms with Crippen molar-refractivity contribution < 1.29 is 4.79 Å². The van der Waals surface area contributed by atoms with Crippen LogP contribution in [-0.4, -0.2) is 27.2 Å². The lowest BCUT2D eigenvalue weighted by molar-refractivity contribution is 0.0957. The van der Waals surface area contributed by atoms with Gasteiger partial charge in [-0.3, -0.25) is 4.79 Å². The Labute approximate surface area is 118 Å². The van der Waals surface area contributed by atoms with Crippen LogP contribution in [0.25, 0.3) is 11.0 Å². The van der Waals surface area contributed by atoms with Crippen LogP contribution in [0.3, 0.4) is 0 Å². The molecule has 0 saturated heterocycles. The standard InChI is InChI=1S/C15H20N4O/c1-4-16-15(20)11-7-13(10-5-6-10)18-14-12(11)8-17-19(14)9(2)3/h7-10H,4-6H2,1-3H3,(H,16,20). The first-order valence-electron chi connectivity index (χ1n) is 7.28. The van der Waals surface area contributed by atoms with Crippen molar-refractivity contribution in [2.24, 2.45) is 0 Å². The number of carbonyl (C=O) groups excluding carboxylic acids is 1. The molecule has 0 atom stereocenters. The molecule has 0 unspecified atom stereocenters. The Morgan fingerprint density at radius 1 is 1.50 bits per heavy atom. The second-order valence-corrected chi connectivity index (χ2v) is 5.65. The maximum Gasteiger partial charge on any atom is 0.252 e. The fraction of sp³-hybridized carbons (Fsp3) is 0.533. The number of hydrogen-bond donors (Lipinski definition) is 1. The van der Waals surface area contributed by atoms with Gasteiger partial charge in [0.05, 0.1) is 17.1 Å². The van der Waals surface area contributed by atoms with E-state index in [2.05, 4.69) is 24.3 Å². The van der Waals surface area contributed by atoms with Gasteiger partial charge in [0.1, 0.15) is 0 Å². The average molecular weight is 272 g/mol. The van der Waals surface area contributed by atoms with Crippen LogP contribution in [0.2, 0.25) is 0 Å². The Balaban J connectivity index is 2.18. The van der Waals surface area contributed by atoms with Crippen LogP contribution < -0.4 is 5.32 Å². The molecule has 1 saturated carbocycles. The highest BCUT2D eigenvalue weighted by Crippen LogP contribution is 2.40. The molecule has 0 aliphatic heterocycles. The predicted molar refractivity (Wildman–Crippen MR) is 77.9 cm³/mol. The first-order chi connectivity index (χ1) is 9.61. The third kappa shape index (κ3) is 2.17. The third-order valence-corrected chi connectivity index (χ3v) is 3.65. The normalized spacial score (nSPS) is 15.0. The van der Waals surface area contributed by atoms with E-state index in [4.69, 9.17) is 4.98 Å². The Morgan fingerprint density at radius 3 is 2.85 bits per heavy atom. The van der Waals surface area contributed by atoms with Crippen LogP contribution in [-0.2, 0) is 0 Å². The number of fused-ring (bicyclic) bond motifs is 1. The van der Waals surface area contributed by atoms with E-state index in [1.165, 1.54) is 12.8 Å². The molecule has 2 aromatic heterocycles. The van der Waals surface area contributed by atoms with E-state index in [-0.39, 0.29) is 11.9 Å². The van der Waals surface area contributed by atoms with Crippen LogP contribution in [0.5, 0.6) is 0 Å². The van der Waals surface area contributed by atoms with Crippen LogP contribution >= 0.6 is 0 Å². The zero-order valence-corrected chi connectivity index (χ0v) is 12.2. The minimum absolute atomic E-state index is 0.0369. The Kier molecular flexibility index (Phi) is 3.20.